The predicted molar refractivity (Wildman–Crippen MR) is 69.6 cm³/mol. The zero-order valence-electron chi connectivity index (χ0n) is 8.75. The molecule has 0 saturated carbocycles. The summed E-state index contributed by atoms with van der Waals surface area (Å²) < 4.78 is 1.12. The number of aromatic nitrogens is 2. The van der Waals surface area contributed by atoms with Crippen molar-refractivity contribution in [3.8, 4) is 5.69 Å². The topological polar surface area (TPSA) is 34.9 Å². The van der Waals surface area contributed by atoms with E-state index >= 15 is 0 Å². The van der Waals surface area contributed by atoms with Crippen molar-refractivity contribution in [1.82, 2.24) is 9.78 Å². The van der Waals surface area contributed by atoms with Crippen molar-refractivity contribution in [2.24, 2.45) is 0 Å². The van der Waals surface area contributed by atoms with E-state index in [-0.39, 0.29) is 10.0 Å². The summed E-state index contributed by atoms with van der Waals surface area (Å²) in [7, 11) is 0. The van der Waals surface area contributed by atoms with Gasteiger partial charge in [0.1, 0.15) is 5.02 Å². The quantitative estimate of drug-likeness (QED) is 0.805. The molecule has 0 radical (unpaired) electrons. The summed E-state index contributed by atoms with van der Waals surface area (Å²) in [6.07, 6.45) is 1.31. The van der Waals surface area contributed by atoms with Crippen LogP contribution in [-0.4, -0.2) is 9.78 Å². The molecule has 88 valence electrons. The number of benzene rings is 1. The van der Waals surface area contributed by atoms with Crippen molar-refractivity contribution in [1.29, 1.82) is 0 Å². The Bertz CT molecular complexity index is 637. The van der Waals surface area contributed by atoms with Gasteiger partial charge in [0, 0.05) is 0 Å². The van der Waals surface area contributed by atoms with E-state index in [1.807, 2.05) is 13.0 Å². The Kier molecular flexibility index (Phi) is 3.43. The summed E-state index contributed by atoms with van der Waals surface area (Å²) >= 11 is 17.5. The van der Waals surface area contributed by atoms with Gasteiger partial charge in [0.25, 0.3) is 5.56 Å². The second-order valence-electron chi connectivity index (χ2n) is 3.48. The van der Waals surface area contributed by atoms with E-state index in [0.717, 1.165) is 10.2 Å². The molecule has 2 rings (SSSR count). The highest BCUT2D eigenvalue weighted by atomic mass is 35.5. The van der Waals surface area contributed by atoms with Gasteiger partial charge in [0.2, 0.25) is 0 Å². The van der Waals surface area contributed by atoms with Crippen LogP contribution in [0.2, 0.25) is 15.1 Å². The fraction of sp³-hybridized carbons (Fsp3) is 0.0909. The minimum absolute atomic E-state index is 0.0710. The lowest BCUT2D eigenvalue weighted by molar-refractivity contribution is 0.807. The largest absolute Gasteiger partial charge is 0.291 e. The lowest BCUT2D eigenvalue weighted by atomic mass is 10.2. The van der Waals surface area contributed by atoms with Crippen LogP contribution in [0.15, 0.2) is 29.2 Å². The minimum atomic E-state index is -0.495. The zero-order chi connectivity index (χ0) is 12.6. The van der Waals surface area contributed by atoms with Crippen LogP contribution >= 0.6 is 34.8 Å². The van der Waals surface area contributed by atoms with Gasteiger partial charge in [-0.05, 0) is 24.6 Å². The van der Waals surface area contributed by atoms with Crippen LogP contribution in [-0.2, 0) is 0 Å². The normalized spacial score (nSPS) is 10.6. The molecule has 0 unspecified atom stereocenters. The maximum Gasteiger partial charge on any atom is 0.291 e. The summed E-state index contributed by atoms with van der Waals surface area (Å²) in [5, 5.41) is 4.38. The monoisotopic (exact) mass is 288 g/mol. The first-order valence-corrected chi connectivity index (χ1v) is 5.84. The van der Waals surface area contributed by atoms with E-state index in [1.54, 1.807) is 12.1 Å². The number of hydrogen-bond donors (Lipinski definition) is 0. The smallest absolute Gasteiger partial charge is 0.266 e. The van der Waals surface area contributed by atoms with E-state index < -0.39 is 5.56 Å². The summed E-state index contributed by atoms with van der Waals surface area (Å²) in [5.74, 6) is 0. The molecule has 1 aromatic carbocycles. The molecular formula is C11H7Cl3N2O. The van der Waals surface area contributed by atoms with Crippen LogP contribution in [0.4, 0.5) is 0 Å². The number of aryl methyl sites for hydroxylation is 1. The van der Waals surface area contributed by atoms with Gasteiger partial charge in [-0.1, -0.05) is 40.9 Å². The average molecular weight is 290 g/mol. The van der Waals surface area contributed by atoms with Crippen LogP contribution in [0, 0.1) is 6.92 Å². The van der Waals surface area contributed by atoms with Crippen LogP contribution in [0.3, 0.4) is 0 Å². The molecule has 0 spiro atoms. The van der Waals surface area contributed by atoms with Crippen LogP contribution in [0.5, 0.6) is 0 Å². The second kappa shape index (κ2) is 4.69. The molecule has 0 atom stereocenters. The van der Waals surface area contributed by atoms with Gasteiger partial charge in [-0.15, -0.1) is 0 Å². The van der Waals surface area contributed by atoms with Crippen LogP contribution in [0.1, 0.15) is 5.56 Å². The van der Waals surface area contributed by atoms with Crippen LogP contribution in [0.25, 0.3) is 5.69 Å². The molecule has 0 bridgehead atoms. The first kappa shape index (κ1) is 12.4. The number of nitrogens with zero attached hydrogens (tertiary/aromatic N) is 2. The number of rotatable bonds is 1. The van der Waals surface area contributed by atoms with Gasteiger partial charge < -0.3 is 0 Å². The molecule has 0 saturated heterocycles. The SMILES string of the molecule is Cc1ccc(-n2ncc(Cl)c(Cl)c2=O)c(Cl)c1. The molecule has 0 aliphatic rings. The molecule has 0 aliphatic carbocycles. The molecule has 17 heavy (non-hydrogen) atoms. The summed E-state index contributed by atoms with van der Waals surface area (Å²) in [4.78, 5) is 11.9. The van der Waals surface area contributed by atoms with Crippen molar-refractivity contribution in [3.05, 3.63) is 55.4 Å². The Morgan fingerprint density at radius 3 is 2.53 bits per heavy atom. The molecule has 0 amide bonds. The van der Waals surface area contributed by atoms with E-state index in [4.69, 9.17) is 34.8 Å². The third-order valence-electron chi connectivity index (χ3n) is 2.21. The maximum atomic E-state index is 11.9. The molecule has 0 N–H and O–H groups in total. The van der Waals surface area contributed by atoms with Gasteiger partial charge >= 0.3 is 0 Å². The molecule has 2 aromatic rings. The molecule has 3 nitrogen and oxygen atoms in total. The number of halogens is 3. The summed E-state index contributed by atoms with van der Waals surface area (Å²) in [6.45, 7) is 1.90. The van der Waals surface area contributed by atoms with E-state index in [0.29, 0.717) is 10.7 Å². The van der Waals surface area contributed by atoms with Gasteiger partial charge in [-0.3, -0.25) is 4.79 Å². The number of hydrogen-bond acceptors (Lipinski definition) is 2. The van der Waals surface area contributed by atoms with Gasteiger partial charge in [-0.2, -0.15) is 9.78 Å². The van der Waals surface area contributed by atoms with Crippen molar-refractivity contribution in [2.45, 2.75) is 6.92 Å². The fourth-order valence-corrected chi connectivity index (χ4v) is 1.94. The third kappa shape index (κ3) is 2.32. The lowest BCUT2D eigenvalue weighted by Gasteiger charge is -2.07. The van der Waals surface area contributed by atoms with E-state index in [2.05, 4.69) is 5.10 Å². The van der Waals surface area contributed by atoms with Crippen molar-refractivity contribution < 1.29 is 0 Å². The second-order valence-corrected chi connectivity index (χ2v) is 4.67. The molecule has 0 aliphatic heterocycles. The Labute approximate surface area is 113 Å². The molecule has 6 heteroatoms. The predicted octanol–water partition coefficient (Wildman–Crippen LogP) is 3.50. The van der Waals surface area contributed by atoms with Crippen molar-refractivity contribution in [3.63, 3.8) is 0 Å². The molecule has 1 heterocycles. The molecule has 1 aromatic heterocycles. The molecular weight excluding hydrogens is 282 g/mol. The Morgan fingerprint density at radius 2 is 1.88 bits per heavy atom. The van der Waals surface area contributed by atoms with Gasteiger partial charge in [-0.25, -0.2) is 0 Å². The van der Waals surface area contributed by atoms with Crippen LogP contribution < -0.4 is 5.56 Å². The highest BCUT2D eigenvalue weighted by Crippen LogP contribution is 2.21. The van der Waals surface area contributed by atoms with Crippen molar-refractivity contribution >= 4 is 34.8 Å². The first-order chi connectivity index (χ1) is 8.00. The Morgan fingerprint density at radius 1 is 1.18 bits per heavy atom. The highest BCUT2D eigenvalue weighted by molar-refractivity contribution is 6.41. The van der Waals surface area contributed by atoms with Gasteiger partial charge in [0.05, 0.1) is 21.9 Å². The van der Waals surface area contributed by atoms with Crippen molar-refractivity contribution in [2.75, 3.05) is 0 Å². The summed E-state index contributed by atoms with van der Waals surface area (Å²) in [5.41, 5.74) is 0.970. The first-order valence-electron chi connectivity index (χ1n) is 4.70. The minimum Gasteiger partial charge on any atom is -0.266 e. The zero-order valence-corrected chi connectivity index (χ0v) is 11.0. The Hall–Kier alpha value is -1.03. The van der Waals surface area contributed by atoms with Gasteiger partial charge in [0.15, 0.2) is 0 Å². The maximum absolute atomic E-state index is 11.9. The Balaban J connectivity index is 2.70. The third-order valence-corrected chi connectivity index (χ3v) is 3.26. The highest BCUT2D eigenvalue weighted by Gasteiger charge is 2.11. The summed E-state index contributed by atoms with van der Waals surface area (Å²) in [6, 6.07) is 5.28. The standard InChI is InChI=1S/C11H7Cl3N2O/c1-6-2-3-9(7(12)4-6)16-11(17)10(14)8(13)5-15-16/h2-5H,1H3. The molecule has 0 fully saturated rings. The fourth-order valence-electron chi connectivity index (χ4n) is 1.37. The average Bonchev–Trinajstić information content (AvgIpc) is 2.28. The van der Waals surface area contributed by atoms with E-state index in [1.165, 1.54) is 6.20 Å². The lowest BCUT2D eigenvalue weighted by Crippen LogP contribution is -2.21. The van der Waals surface area contributed by atoms with E-state index in [9.17, 15) is 4.79 Å².